The predicted molar refractivity (Wildman–Crippen MR) is 65.6 cm³/mol. The van der Waals surface area contributed by atoms with Crippen molar-refractivity contribution < 1.29 is 4.79 Å². The minimum absolute atomic E-state index is 0.0958. The van der Waals surface area contributed by atoms with Crippen LogP contribution in [0.25, 0.3) is 0 Å². The number of ketones is 1. The summed E-state index contributed by atoms with van der Waals surface area (Å²) in [5.74, 6) is 5.73. The quantitative estimate of drug-likeness (QED) is 0.519. The first-order chi connectivity index (χ1) is 7.15. The van der Waals surface area contributed by atoms with Gasteiger partial charge in [0.15, 0.2) is 5.78 Å². The van der Waals surface area contributed by atoms with E-state index < -0.39 is 0 Å². The minimum atomic E-state index is 0.0958. The van der Waals surface area contributed by atoms with E-state index in [9.17, 15) is 4.79 Å². The number of nitrogen functional groups attached to an aromatic ring is 1. The molecule has 0 radical (unpaired) electrons. The van der Waals surface area contributed by atoms with Crippen LogP contribution in [0, 0.1) is 11.8 Å². The Bertz CT molecular complexity index is 429. The lowest BCUT2D eigenvalue weighted by molar-refractivity contribution is 0.0984. The Morgan fingerprint density at radius 3 is 2.87 bits per heavy atom. The van der Waals surface area contributed by atoms with Crippen LogP contribution in [-0.2, 0) is 0 Å². The summed E-state index contributed by atoms with van der Waals surface area (Å²) < 4.78 is 0.759. The smallest absolute Gasteiger partial charge is 0.163 e. The maximum Gasteiger partial charge on any atom is 0.163 e. The molecule has 0 unspecified atom stereocenters. The second-order valence-corrected chi connectivity index (χ2v) is 3.94. The third-order valence-corrected chi connectivity index (χ3v) is 2.66. The highest BCUT2D eigenvalue weighted by molar-refractivity contribution is 9.10. The van der Waals surface area contributed by atoms with Crippen LogP contribution in [0.3, 0.4) is 0 Å². The summed E-state index contributed by atoms with van der Waals surface area (Å²) in [6.07, 6.45) is 1.06. The van der Waals surface area contributed by atoms with Gasteiger partial charge in [0.25, 0.3) is 0 Å². The molecule has 0 fully saturated rings. The summed E-state index contributed by atoms with van der Waals surface area (Å²) in [6, 6.07) is 5.21. The van der Waals surface area contributed by atoms with Gasteiger partial charge in [-0.3, -0.25) is 4.79 Å². The molecular formula is C12H12BrNO. The third-order valence-electron chi connectivity index (χ3n) is 1.98. The van der Waals surface area contributed by atoms with Crippen LogP contribution in [-0.4, -0.2) is 5.78 Å². The van der Waals surface area contributed by atoms with E-state index in [0.29, 0.717) is 24.1 Å². The van der Waals surface area contributed by atoms with Crippen LogP contribution in [0.4, 0.5) is 5.69 Å². The fraction of sp³-hybridized carbons (Fsp3) is 0.250. The number of rotatable bonds is 3. The number of hydrogen-bond donors (Lipinski definition) is 1. The molecule has 0 amide bonds. The first-order valence-corrected chi connectivity index (χ1v) is 5.42. The van der Waals surface area contributed by atoms with Crippen molar-refractivity contribution in [2.24, 2.45) is 0 Å². The molecule has 0 spiro atoms. The van der Waals surface area contributed by atoms with Crippen molar-refractivity contribution in [1.82, 2.24) is 0 Å². The number of nitrogens with two attached hydrogens (primary N) is 1. The topological polar surface area (TPSA) is 43.1 Å². The van der Waals surface area contributed by atoms with E-state index in [4.69, 9.17) is 5.73 Å². The van der Waals surface area contributed by atoms with Crippen LogP contribution < -0.4 is 5.73 Å². The van der Waals surface area contributed by atoms with E-state index in [1.54, 1.807) is 25.1 Å². The van der Waals surface area contributed by atoms with Gasteiger partial charge in [-0.2, -0.15) is 0 Å². The van der Waals surface area contributed by atoms with Crippen molar-refractivity contribution >= 4 is 27.4 Å². The lowest BCUT2D eigenvalue weighted by atomic mass is 10.1. The number of Topliss-reactive ketones (excluding diaryl/α,β-unsaturated/α-hetero) is 1. The summed E-state index contributed by atoms with van der Waals surface area (Å²) in [6.45, 7) is 1.77. The van der Waals surface area contributed by atoms with Gasteiger partial charge in [0.05, 0.1) is 0 Å². The molecule has 1 aromatic carbocycles. The summed E-state index contributed by atoms with van der Waals surface area (Å²) >= 11 is 3.29. The predicted octanol–water partition coefficient (Wildman–Crippen LogP) is 3.02. The molecule has 0 aromatic heterocycles. The Morgan fingerprint density at radius 2 is 2.27 bits per heavy atom. The molecule has 0 aliphatic rings. The summed E-state index contributed by atoms with van der Waals surface area (Å²) in [4.78, 5) is 11.7. The molecule has 0 bridgehead atoms. The Morgan fingerprint density at radius 1 is 1.53 bits per heavy atom. The largest absolute Gasteiger partial charge is 0.398 e. The van der Waals surface area contributed by atoms with Crippen LogP contribution in [0.2, 0.25) is 0 Å². The van der Waals surface area contributed by atoms with Gasteiger partial charge in [0.2, 0.25) is 0 Å². The zero-order chi connectivity index (χ0) is 11.3. The second-order valence-electron chi connectivity index (χ2n) is 3.09. The van der Waals surface area contributed by atoms with Crippen LogP contribution in [0.15, 0.2) is 22.7 Å². The maximum atomic E-state index is 11.7. The molecule has 2 N–H and O–H groups in total. The number of carbonyl (C=O) groups excluding carboxylic acids is 1. The average Bonchev–Trinajstić information content (AvgIpc) is 2.22. The summed E-state index contributed by atoms with van der Waals surface area (Å²) in [5, 5.41) is 0. The Kier molecular flexibility index (Phi) is 4.38. The van der Waals surface area contributed by atoms with Gasteiger partial charge in [0, 0.05) is 28.6 Å². The molecule has 0 aliphatic carbocycles. The number of halogens is 1. The van der Waals surface area contributed by atoms with E-state index in [1.807, 2.05) is 0 Å². The van der Waals surface area contributed by atoms with E-state index in [0.717, 1.165) is 4.47 Å². The molecule has 1 aromatic rings. The van der Waals surface area contributed by atoms with Gasteiger partial charge < -0.3 is 5.73 Å². The lowest BCUT2D eigenvalue weighted by Crippen LogP contribution is -1.99. The Hall–Kier alpha value is -1.27. The molecule has 3 heteroatoms. The highest BCUT2D eigenvalue weighted by atomic mass is 79.9. The van der Waals surface area contributed by atoms with E-state index in [2.05, 4.69) is 27.8 Å². The van der Waals surface area contributed by atoms with Crippen molar-refractivity contribution in [2.75, 3.05) is 5.73 Å². The fourth-order valence-corrected chi connectivity index (χ4v) is 1.52. The minimum Gasteiger partial charge on any atom is -0.398 e. The zero-order valence-corrected chi connectivity index (χ0v) is 10.1. The molecule has 78 valence electrons. The van der Waals surface area contributed by atoms with Gasteiger partial charge >= 0.3 is 0 Å². The third kappa shape index (κ3) is 3.41. The molecular weight excluding hydrogens is 254 g/mol. The van der Waals surface area contributed by atoms with Crippen molar-refractivity contribution in [3.05, 3.63) is 28.2 Å². The molecule has 0 aliphatic heterocycles. The van der Waals surface area contributed by atoms with Crippen molar-refractivity contribution in [3.63, 3.8) is 0 Å². The monoisotopic (exact) mass is 265 g/mol. The molecule has 15 heavy (non-hydrogen) atoms. The summed E-state index contributed by atoms with van der Waals surface area (Å²) in [5.41, 5.74) is 6.94. The van der Waals surface area contributed by atoms with Gasteiger partial charge in [-0.05, 0) is 41.1 Å². The number of anilines is 1. The van der Waals surface area contributed by atoms with Gasteiger partial charge in [-0.15, -0.1) is 11.8 Å². The van der Waals surface area contributed by atoms with Crippen LogP contribution in [0.5, 0.6) is 0 Å². The van der Waals surface area contributed by atoms with Gasteiger partial charge in [-0.25, -0.2) is 0 Å². The van der Waals surface area contributed by atoms with Crippen molar-refractivity contribution in [2.45, 2.75) is 19.8 Å². The zero-order valence-electron chi connectivity index (χ0n) is 8.51. The fourth-order valence-electron chi connectivity index (χ4n) is 1.15. The SMILES string of the molecule is CC#CCCC(=O)c1ccc(N)c(Br)c1. The highest BCUT2D eigenvalue weighted by Crippen LogP contribution is 2.21. The first kappa shape index (κ1) is 11.8. The second kappa shape index (κ2) is 5.57. The molecule has 0 saturated heterocycles. The van der Waals surface area contributed by atoms with Gasteiger partial charge in [-0.1, -0.05) is 0 Å². The highest BCUT2D eigenvalue weighted by Gasteiger charge is 2.06. The lowest BCUT2D eigenvalue weighted by Gasteiger charge is -2.01. The van der Waals surface area contributed by atoms with Crippen molar-refractivity contribution in [3.8, 4) is 11.8 Å². The molecule has 0 heterocycles. The standard InChI is InChI=1S/C12H12BrNO/c1-2-3-4-5-12(15)9-6-7-11(14)10(13)8-9/h6-8H,4-5,14H2,1H3. The number of benzene rings is 1. The molecule has 0 atom stereocenters. The van der Waals surface area contributed by atoms with Crippen LogP contribution in [0.1, 0.15) is 30.1 Å². The van der Waals surface area contributed by atoms with E-state index in [-0.39, 0.29) is 5.78 Å². The molecule has 1 rings (SSSR count). The van der Waals surface area contributed by atoms with E-state index in [1.165, 1.54) is 0 Å². The normalized spacial score (nSPS) is 9.20. The molecule has 2 nitrogen and oxygen atoms in total. The van der Waals surface area contributed by atoms with Crippen LogP contribution >= 0.6 is 15.9 Å². The molecule has 0 saturated carbocycles. The first-order valence-electron chi connectivity index (χ1n) is 4.63. The van der Waals surface area contributed by atoms with Crippen molar-refractivity contribution in [1.29, 1.82) is 0 Å². The maximum absolute atomic E-state index is 11.7. The Balaban J connectivity index is 2.72. The number of hydrogen-bond acceptors (Lipinski definition) is 2. The number of carbonyl (C=O) groups is 1. The Labute approximate surface area is 98.0 Å². The van der Waals surface area contributed by atoms with Gasteiger partial charge in [0.1, 0.15) is 0 Å². The summed E-state index contributed by atoms with van der Waals surface area (Å²) in [7, 11) is 0. The average molecular weight is 266 g/mol. The van der Waals surface area contributed by atoms with E-state index >= 15 is 0 Å².